The van der Waals surface area contributed by atoms with Crippen LogP contribution in [0.4, 0.5) is 4.79 Å². The van der Waals surface area contributed by atoms with Gasteiger partial charge in [0, 0.05) is 19.1 Å². The van der Waals surface area contributed by atoms with Gasteiger partial charge in [-0.05, 0) is 19.3 Å². The lowest BCUT2D eigenvalue weighted by molar-refractivity contribution is -0.139. The van der Waals surface area contributed by atoms with E-state index in [-0.39, 0.29) is 6.10 Å². The van der Waals surface area contributed by atoms with Gasteiger partial charge in [-0.1, -0.05) is 20.3 Å². The summed E-state index contributed by atoms with van der Waals surface area (Å²) in [6, 6.07) is -1.23. The quantitative estimate of drug-likeness (QED) is 0.653. The molecule has 0 radical (unpaired) electrons. The zero-order chi connectivity index (χ0) is 14.3. The van der Waals surface area contributed by atoms with Crippen molar-refractivity contribution in [3.8, 4) is 0 Å². The molecule has 3 N–H and O–H groups in total. The summed E-state index contributed by atoms with van der Waals surface area (Å²) in [5, 5.41) is 14.2. The van der Waals surface area contributed by atoms with Crippen LogP contribution in [-0.2, 0) is 9.53 Å². The Morgan fingerprint density at radius 2 is 2.16 bits per heavy atom. The normalized spacial score (nSPS) is 23.9. The molecule has 110 valence electrons. The summed E-state index contributed by atoms with van der Waals surface area (Å²) in [4.78, 5) is 22.6. The van der Waals surface area contributed by atoms with Crippen LogP contribution < -0.4 is 10.6 Å². The van der Waals surface area contributed by atoms with Crippen LogP contribution in [0.15, 0.2) is 0 Å². The molecule has 3 atom stereocenters. The molecule has 0 aromatic rings. The van der Waals surface area contributed by atoms with Crippen LogP contribution >= 0.6 is 0 Å². The molecular weight excluding hydrogens is 248 g/mol. The van der Waals surface area contributed by atoms with Crippen LogP contribution in [0, 0.1) is 5.92 Å². The Morgan fingerprint density at radius 3 is 2.74 bits per heavy atom. The average molecular weight is 272 g/mol. The molecule has 0 aromatic carbocycles. The first-order valence-electron chi connectivity index (χ1n) is 6.97. The highest BCUT2D eigenvalue weighted by atomic mass is 16.5. The van der Waals surface area contributed by atoms with Gasteiger partial charge in [0.15, 0.2) is 0 Å². The first-order valence-corrected chi connectivity index (χ1v) is 6.97. The molecule has 2 amide bonds. The number of nitrogens with one attached hydrogen (secondary N) is 2. The lowest BCUT2D eigenvalue weighted by Gasteiger charge is -2.19. The summed E-state index contributed by atoms with van der Waals surface area (Å²) in [5.41, 5.74) is 0. The first kappa shape index (κ1) is 15.8. The van der Waals surface area contributed by atoms with E-state index in [0.29, 0.717) is 25.3 Å². The van der Waals surface area contributed by atoms with Gasteiger partial charge in [0.25, 0.3) is 0 Å². The number of amides is 2. The van der Waals surface area contributed by atoms with E-state index in [2.05, 4.69) is 17.6 Å². The monoisotopic (exact) mass is 272 g/mol. The second kappa shape index (κ2) is 7.99. The molecule has 0 bridgehead atoms. The highest BCUT2D eigenvalue weighted by Crippen LogP contribution is 2.22. The maximum absolute atomic E-state index is 11.7. The van der Waals surface area contributed by atoms with E-state index in [9.17, 15) is 9.59 Å². The summed E-state index contributed by atoms with van der Waals surface area (Å²) in [5.74, 6) is -0.669. The van der Waals surface area contributed by atoms with Gasteiger partial charge in [0.1, 0.15) is 6.04 Å². The van der Waals surface area contributed by atoms with E-state index in [1.54, 1.807) is 0 Å². The van der Waals surface area contributed by atoms with Crippen LogP contribution in [0.5, 0.6) is 0 Å². The minimum absolute atomic E-state index is 0.200. The van der Waals surface area contributed by atoms with Crippen LogP contribution in [0.25, 0.3) is 0 Å². The lowest BCUT2D eigenvalue weighted by atomic mass is 10.00. The fraction of sp³-hybridized carbons (Fsp3) is 0.846. The van der Waals surface area contributed by atoms with E-state index in [4.69, 9.17) is 9.84 Å². The topological polar surface area (TPSA) is 87.7 Å². The smallest absolute Gasteiger partial charge is 0.326 e. The van der Waals surface area contributed by atoms with Crippen LogP contribution in [0.2, 0.25) is 0 Å². The van der Waals surface area contributed by atoms with Gasteiger partial charge in [-0.3, -0.25) is 0 Å². The number of carbonyl (C=O) groups excluding carboxylic acids is 1. The molecule has 6 nitrogen and oxygen atoms in total. The summed E-state index contributed by atoms with van der Waals surface area (Å²) < 4.78 is 5.54. The minimum atomic E-state index is -0.993. The maximum Gasteiger partial charge on any atom is 0.326 e. The Hall–Kier alpha value is -1.30. The van der Waals surface area contributed by atoms with E-state index in [1.165, 1.54) is 0 Å². The molecule has 3 unspecified atom stereocenters. The molecule has 6 heteroatoms. The van der Waals surface area contributed by atoms with Crippen molar-refractivity contribution in [2.24, 2.45) is 5.92 Å². The third kappa shape index (κ3) is 5.06. The summed E-state index contributed by atoms with van der Waals surface area (Å²) in [6.45, 7) is 5.21. The zero-order valence-corrected chi connectivity index (χ0v) is 11.6. The van der Waals surface area contributed by atoms with Gasteiger partial charge >= 0.3 is 12.0 Å². The molecule has 0 aliphatic carbocycles. The standard InChI is InChI=1S/C13H24N2O4/c1-3-5-10(12(16)17)15-13(18)14-8-9-6-7-19-11(9)4-2/h9-11H,3-8H2,1-2H3,(H,16,17)(H2,14,15,18). The molecule has 0 aromatic heterocycles. The number of carboxylic acids is 1. The number of carbonyl (C=O) groups is 2. The van der Waals surface area contributed by atoms with Gasteiger partial charge in [0.05, 0.1) is 6.10 Å². The maximum atomic E-state index is 11.7. The predicted octanol–water partition coefficient (Wildman–Crippen LogP) is 1.35. The molecule has 1 aliphatic heterocycles. The van der Waals surface area contributed by atoms with Gasteiger partial charge < -0.3 is 20.5 Å². The van der Waals surface area contributed by atoms with Crippen molar-refractivity contribution in [2.75, 3.05) is 13.2 Å². The molecule has 0 saturated carbocycles. The molecular formula is C13H24N2O4. The lowest BCUT2D eigenvalue weighted by Crippen LogP contribution is -2.47. The van der Waals surface area contributed by atoms with E-state index < -0.39 is 18.0 Å². The molecule has 1 fully saturated rings. The Kier molecular flexibility index (Phi) is 6.62. The van der Waals surface area contributed by atoms with Crippen molar-refractivity contribution >= 4 is 12.0 Å². The highest BCUT2D eigenvalue weighted by molar-refractivity contribution is 5.82. The van der Waals surface area contributed by atoms with Crippen molar-refractivity contribution in [1.29, 1.82) is 0 Å². The van der Waals surface area contributed by atoms with Gasteiger partial charge in [0.2, 0.25) is 0 Å². The molecule has 1 rings (SSSR count). The number of rotatable bonds is 7. The minimum Gasteiger partial charge on any atom is -0.480 e. The second-order valence-corrected chi connectivity index (χ2v) is 4.90. The average Bonchev–Trinajstić information content (AvgIpc) is 2.83. The Balaban J connectivity index is 2.32. The van der Waals surface area contributed by atoms with Crippen LogP contribution in [-0.4, -0.2) is 42.4 Å². The van der Waals surface area contributed by atoms with Crippen LogP contribution in [0.3, 0.4) is 0 Å². The number of carboxylic acid groups (broad SMARTS) is 1. The SMILES string of the molecule is CCCC(NC(=O)NCC1CCOC1CC)C(=O)O. The molecule has 1 heterocycles. The fourth-order valence-electron chi connectivity index (χ4n) is 2.36. The van der Waals surface area contributed by atoms with Crippen molar-refractivity contribution < 1.29 is 19.4 Å². The first-order chi connectivity index (χ1) is 9.08. The largest absolute Gasteiger partial charge is 0.480 e. The fourth-order valence-corrected chi connectivity index (χ4v) is 2.36. The molecule has 1 saturated heterocycles. The number of ether oxygens (including phenoxy) is 1. The molecule has 19 heavy (non-hydrogen) atoms. The van der Waals surface area contributed by atoms with E-state index in [1.807, 2.05) is 6.92 Å². The van der Waals surface area contributed by atoms with Gasteiger partial charge in [-0.15, -0.1) is 0 Å². The van der Waals surface area contributed by atoms with Crippen molar-refractivity contribution in [2.45, 2.75) is 51.7 Å². The number of hydrogen-bond acceptors (Lipinski definition) is 3. The summed E-state index contributed by atoms with van der Waals surface area (Å²) in [7, 11) is 0. The van der Waals surface area contributed by atoms with Crippen molar-refractivity contribution in [3.63, 3.8) is 0 Å². The summed E-state index contributed by atoms with van der Waals surface area (Å²) >= 11 is 0. The number of aliphatic carboxylic acids is 1. The Bertz CT molecular complexity index is 309. The number of urea groups is 1. The second-order valence-electron chi connectivity index (χ2n) is 4.90. The Morgan fingerprint density at radius 1 is 1.42 bits per heavy atom. The molecule has 0 spiro atoms. The third-order valence-electron chi connectivity index (χ3n) is 3.45. The van der Waals surface area contributed by atoms with Crippen molar-refractivity contribution in [3.05, 3.63) is 0 Å². The predicted molar refractivity (Wildman–Crippen MR) is 71.0 cm³/mol. The molecule has 1 aliphatic rings. The highest BCUT2D eigenvalue weighted by Gasteiger charge is 2.27. The third-order valence-corrected chi connectivity index (χ3v) is 3.45. The van der Waals surface area contributed by atoms with Crippen molar-refractivity contribution in [1.82, 2.24) is 10.6 Å². The summed E-state index contributed by atoms with van der Waals surface area (Å²) in [6.07, 6.45) is 3.22. The van der Waals surface area contributed by atoms with E-state index in [0.717, 1.165) is 19.4 Å². The Labute approximate surface area is 113 Å². The van der Waals surface area contributed by atoms with Gasteiger partial charge in [-0.2, -0.15) is 0 Å². The van der Waals surface area contributed by atoms with Gasteiger partial charge in [-0.25, -0.2) is 9.59 Å². The number of hydrogen-bond donors (Lipinski definition) is 3. The van der Waals surface area contributed by atoms with E-state index >= 15 is 0 Å². The zero-order valence-electron chi connectivity index (χ0n) is 11.6. The van der Waals surface area contributed by atoms with Crippen LogP contribution in [0.1, 0.15) is 39.5 Å².